The number of nitrogens with one attached hydrogen (secondary N) is 2. The maximum atomic E-state index is 12.5. The first kappa shape index (κ1) is 35.8. The number of amides is 2. The first-order chi connectivity index (χ1) is 24.7. The number of aromatic nitrogens is 2. The first-order valence-electron chi connectivity index (χ1n) is 18.2. The minimum Gasteiger partial charge on any atom is -0.371 e. The van der Waals surface area contributed by atoms with Gasteiger partial charge >= 0.3 is 0 Å². The summed E-state index contributed by atoms with van der Waals surface area (Å²) in [7, 11) is 0. The van der Waals surface area contributed by atoms with Crippen LogP contribution in [0, 0.1) is 13.8 Å². The lowest BCUT2D eigenvalue weighted by Gasteiger charge is -2.51. The smallest absolute Gasteiger partial charge is 0.251 e. The highest BCUT2D eigenvalue weighted by Gasteiger charge is 2.39. The van der Waals surface area contributed by atoms with Crippen LogP contribution in [0.1, 0.15) is 71.0 Å². The average molecular weight is 686 g/mol. The molecule has 0 spiro atoms. The molecule has 0 bridgehead atoms. The second kappa shape index (κ2) is 16.3. The summed E-state index contributed by atoms with van der Waals surface area (Å²) >= 11 is 0. The van der Waals surface area contributed by atoms with E-state index in [1.807, 2.05) is 19.9 Å². The number of aryl methyl sites for hydroxylation is 2. The molecule has 51 heavy (non-hydrogen) atoms. The molecule has 3 heterocycles. The van der Waals surface area contributed by atoms with Crippen LogP contribution in [0.5, 0.6) is 0 Å². The second-order valence-electron chi connectivity index (χ2n) is 14.2. The summed E-state index contributed by atoms with van der Waals surface area (Å²) in [4.78, 5) is 41.4. The van der Waals surface area contributed by atoms with E-state index in [9.17, 15) is 9.59 Å². The van der Waals surface area contributed by atoms with E-state index >= 15 is 0 Å². The molecule has 2 N–H and O–H groups in total. The molecule has 0 aliphatic carbocycles. The summed E-state index contributed by atoms with van der Waals surface area (Å²) in [6.45, 7) is 16.3. The summed E-state index contributed by atoms with van der Waals surface area (Å²) in [5.74, 6) is -0.480. The maximum absolute atomic E-state index is 12.5. The van der Waals surface area contributed by atoms with Crippen LogP contribution >= 0.6 is 0 Å². The Bertz CT molecular complexity index is 1760. The summed E-state index contributed by atoms with van der Waals surface area (Å²) in [5.41, 5.74) is 8.32. The minimum absolute atomic E-state index is 0.0650. The van der Waals surface area contributed by atoms with Gasteiger partial charge in [0.1, 0.15) is 6.33 Å². The van der Waals surface area contributed by atoms with E-state index < -0.39 is 0 Å². The molecule has 0 atom stereocenters. The maximum Gasteiger partial charge on any atom is 0.251 e. The molecule has 2 fully saturated rings. The van der Waals surface area contributed by atoms with Crippen molar-refractivity contribution in [1.29, 1.82) is 0 Å². The zero-order chi connectivity index (χ0) is 35.8. The Kier molecular flexibility index (Phi) is 11.5. The van der Waals surface area contributed by atoms with Crippen LogP contribution in [0.3, 0.4) is 0 Å². The predicted octanol–water partition coefficient (Wildman–Crippen LogP) is 6.14. The van der Waals surface area contributed by atoms with Gasteiger partial charge in [0.2, 0.25) is 5.91 Å². The van der Waals surface area contributed by atoms with Crippen molar-refractivity contribution in [2.24, 2.45) is 0 Å². The van der Waals surface area contributed by atoms with E-state index in [1.165, 1.54) is 11.3 Å². The Balaban J connectivity index is 1.04. The van der Waals surface area contributed by atoms with Gasteiger partial charge in [0, 0.05) is 73.4 Å². The van der Waals surface area contributed by atoms with Crippen LogP contribution in [-0.2, 0) is 17.9 Å². The number of carbonyl (C=O) groups excluding carboxylic acids is 2. The molecule has 0 radical (unpaired) electrons. The Hall–Kier alpha value is -5.02. The summed E-state index contributed by atoms with van der Waals surface area (Å²) in [5, 5.41) is 5.62. The van der Waals surface area contributed by atoms with E-state index in [2.05, 4.69) is 103 Å². The van der Waals surface area contributed by atoms with E-state index in [0.717, 1.165) is 86.6 Å². The summed E-state index contributed by atoms with van der Waals surface area (Å²) in [6.07, 6.45) is 6.05. The van der Waals surface area contributed by atoms with Crippen molar-refractivity contribution in [3.05, 3.63) is 131 Å². The van der Waals surface area contributed by atoms with Crippen LogP contribution in [-0.4, -0.2) is 75.9 Å². The van der Waals surface area contributed by atoms with Gasteiger partial charge < -0.3 is 20.4 Å². The third kappa shape index (κ3) is 8.83. The molecule has 266 valence electrons. The fraction of sp³-hybridized carbons (Fsp3) is 0.381. The summed E-state index contributed by atoms with van der Waals surface area (Å²) < 4.78 is 0. The third-order valence-electron chi connectivity index (χ3n) is 10.8. The van der Waals surface area contributed by atoms with Gasteiger partial charge in [0.05, 0.1) is 17.9 Å². The van der Waals surface area contributed by atoms with Crippen molar-refractivity contribution in [1.82, 2.24) is 30.4 Å². The monoisotopic (exact) mass is 685 g/mol. The molecule has 2 aliphatic rings. The van der Waals surface area contributed by atoms with Gasteiger partial charge in [-0.15, -0.1) is 0 Å². The van der Waals surface area contributed by atoms with Crippen molar-refractivity contribution in [3.63, 3.8) is 0 Å². The number of benzene rings is 3. The fourth-order valence-electron chi connectivity index (χ4n) is 7.59. The predicted molar refractivity (Wildman–Crippen MR) is 204 cm³/mol. The summed E-state index contributed by atoms with van der Waals surface area (Å²) in [6, 6.07) is 28.6. The fourth-order valence-corrected chi connectivity index (χ4v) is 7.59. The molecule has 6 rings (SSSR count). The van der Waals surface area contributed by atoms with Gasteiger partial charge in [-0.1, -0.05) is 67.2 Å². The average Bonchev–Trinajstić information content (AvgIpc) is 3.16. The zero-order valence-electron chi connectivity index (χ0n) is 30.3. The third-order valence-corrected chi connectivity index (χ3v) is 10.8. The number of hydrogen-bond donors (Lipinski definition) is 2. The van der Waals surface area contributed by atoms with Crippen LogP contribution < -0.4 is 15.5 Å². The molecular formula is C42H51N7O2. The SMILES string of the molecule is C=C(c1c(C)ncnc1C)N1CCC(C)(N2CCC(N(Cc3ccccc3)c3ccc(CNC(=O)CNC(=O)c4ccccc4)cc3)CC2)CC1. The van der Waals surface area contributed by atoms with Crippen LogP contribution in [0.4, 0.5) is 5.69 Å². The number of rotatable bonds is 12. The molecule has 9 nitrogen and oxygen atoms in total. The highest BCUT2D eigenvalue weighted by atomic mass is 16.2. The standard InChI is InChI=1S/C42H51N7O2/c1-31-40(32(2)46-30-45-31)33(3)47-25-21-42(4,22-26-47)48-23-19-38(20-24-48)49(29-35-11-7-5-8-12-35)37-17-15-34(16-18-37)27-43-39(50)28-44-41(51)36-13-9-6-10-14-36/h5-18,30,38H,3,19-29H2,1-2,4H3,(H,43,50)(H,44,51). The number of anilines is 1. The molecule has 4 aromatic rings. The number of piperidine rings is 2. The van der Waals surface area contributed by atoms with Crippen molar-refractivity contribution in [2.75, 3.05) is 37.6 Å². The lowest BCUT2D eigenvalue weighted by Crippen LogP contribution is -2.57. The number of hydrogen-bond acceptors (Lipinski definition) is 7. The molecule has 0 saturated carbocycles. The largest absolute Gasteiger partial charge is 0.371 e. The topological polar surface area (TPSA) is 93.7 Å². The van der Waals surface area contributed by atoms with E-state index in [1.54, 1.807) is 30.6 Å². The normalized spacial score (nSPS) is 16.3. The number of nitrogens with zero attached hydrogens (tertiary/aromatic N) is 5. The van der Waals surface area contributed by atoms with Crippen molar-refractivity contribution in [2.45, 2.75) is 71.1 Å². The lowest BCUT2D eigenvalue weighted by molar-refractivity contribution is -0.120. The highest BCUT2D eigenvalue weighted by Crippen LogP contribution is 2.36. The first-order valence-corrected chi connectivity index (χ1v) is 18.2. The Labute approximate surface area is 302 Å². The quantitative estimate of drug-likeness (QED) is 0.185. The van der Waals surface area contributed by atoms with Gasteiger partial charge in [-0.05, 0) is 81.8 Å². The molecule has 1 aromatic heterocycles. The molecule has 3 aromatic carbocycles. The van der Waals surface area contributed by atoms with Crippen molar-refractivity contribution >= 4 is 23.2 Å². The second-order valence-corrected chi connectivity index (χ2v) is 14.2. The molecular weight excluding hydrogens is 635 g/mol. The van der Waals surface area contributed by atoms with Crippen LogP contribution in [0.2, 0.25) is 0 Å². The van der Waals surface area contributed by atoms with Crippen LogP contribution in [0.15, 0.2) is 97.8 Å². The van der Waals surface area contributed by atoms with Crippen molar-refractivity contribution < 1.29 is 9.59 Å². The van der Waals surface area contributed by atoms with Gasteiger partial charge in [-0.3, -0.25) is 14.5 Å². The highest BCUT2D eigenvalue weighted by molar-refractivity contribution is 5.96. The van der Waals surface area contributed by atoms with Gasteiger partial charge in [-0.2, -0.15) is 0 Å². The molecule has 2 aliphatic heterocycles. The van der Waals surface area contributed by atoms with E-state index in [0.29, 0.717) is 18.2 Å². The van der Waals surface area contributed by atoms with E-state index in [4.69, 9.17) is 0 Å². The Morgan fingerprint density at radius 1 is 0.824 bits per heavy atom. The van der Waals surface area contributed by atoms with Crippen molar-refractivity contribution in [3.8, 4) is 0 Å². The van der Waals surface area contributed by atoms with E-state index in [-0.39, 0.29) is 23.9 Å². The molecule has 2 saturated heterocycles. The Morgan fingerprint density at radius 2 is 1.43 bits per heavy atom. The number of carbonyl (C=O) groups is 2. The number of likely N-dealkylation sites (tertiary alicyclic amines) is 2. The van der Waals surface area contributed by atoms with Gasteiger partial charge in [0.15, 0.2) is 0 Å². The minimum atomic E-state index is -0.259. The van der Waals surface area contributed by atoms with Crippen LogP contribution in [0.25, 0.3) is 5.70 Å². The van der Waals surface area contributed by atoms with Gasteiger partial charge in [0.25, 0.3) is 5.91 Å². The zero-order valence-corrected chi connectivity index (χ0v) is 30.3. The molecule has 0 unspecified atom stereocenters. The molecule has 9 heteroatoms. The molecule has 2 amide bonds. The Morgan fingerprint density at radius 3 is 2.06 bits per heavy atom. The lowest BCUT2D eigenvalue weighted by atomic mass is 9.85. The van der Waals surface area contributed by atoms with Gasteiger partial charge in [-0.25, -0.2) is 9.97 Å².